The van der Waals surface area contributed by atoms with Gasteiger partial charge in [0, 0.05) is 43.2 Å². The van der Waals surface area contributed by atoms with Crippen LogP contribution in [0.1, 0.15) is 18.4 Å². The maximum Gasteiger partial charge on any atom is 0.142 e. The quantitative estimate of drug-likeness (QED) is 0.588. The van der Waals surface area contributed by atoms with Crippen LogP contribution in [0.5, 0.6) is 0 Å². The summed E-state index contributed by atoms with van der Waals surface area (Å²) in [4.78, 5) is 14.1. The standard InChI is InChI=1S/C20H19FN6/c1-26-10-15(9-25-26)13-2-3-14(18(21)8-13)11-27(16-4-5-16)20-17-6-7-22-19(17)23-12-24-20/h2-3,6-10,12,16H,4-5,11H2,1H3,(H,22,23,24). The first kappa shape index (κ1) is 16.0. The van der Waals surface area contributed by atoms with Crippen molar-refractivity contribution < 1.29 is 4.39 Å². The van der Waals surface area contributed by atoms with Gasteiger partial charge in [-0.25, -0.2) is 14.4 Å². The summed E-state index contributed by atoms with van der Waals surface area (Å²) in [7, 11) is 1.85. The molecule has 7 heteroatoms. The number of fused-ring (bicyclic) bond motifs is 1. The minimum atomic E-state index is -0.207. The van der Waals surface area contributed by atoms with Crippen molar-refractivity contribution in [3.63, 3.8) is 0 Å². The topological polar surface area (TPSA) is 62.6 Å². The lowest BCUT2D eigenvalue weighted by Crippen LogP contribution is -2.26. The van der Waals surface area contributed by atoms with Crippen molar-refractivity contribution >= 4 is 16.9 Å². The number of aryl methyl sites for hydroxylation is 1. The highest BCUT2D eigenvalue weighted by Gasteiger charge is 2.31. The average Bonchev–Trinajstić information content (AvgIpc) is 3.22. The zero-order valence-corrected chi connectivity index (χ0v) is 14.9. The third-order valence-electron chi connectivity index (χ3n) is 5.02. The number of aromatic nitrogens is 5. The molecule has 0 radical (unpaired) electrons. The van der Waals surface area contributed by atoms with Gasteiger partial charge >= 0.3 is 0 Å². The lowest BCUT2D eigenvalue weighted by Gasteiger charge is -2.24. The van der Waals surface area contributed by atoms with Gasteiger partial charge in [0.15, 0.2) is 0 Å². The fourth-order valence-electron chi connectivity index (χ4n) is 3.46. The van der Waals surface area contributed by atoms with Crippen molar-refractivity contribution in [3.8, 4) is 11.1 Å². The lowest BCUT2D eigenvalue weighted by atomic mass is 10.1. The number of rotatable bonds is 5. The number of benzene rings is 1. The summed E-state index contributed by atoms with van der Waals surface area (Å²) in [5.74, 6) is 0.654. The minimum Gasteiger partial charge on any atom is -0.349 e. The zero-order chi connectivity index (χ0) is 18.4. The molecule has 1 aliphatic rings. The van der Waals surface area contributed by atoms with E-state index in [1.165, 1.54) is 0 Å². The van der Waals surface area contributed by atoms with Crippen LogP contribution in [0.4, 0.5) is 10.2 Å². The molecule has 0 atom stereocenters. The second-order valence-electron chi connectivity index (χ2n) is 7.01. The van der Waals surface area contributed by atoms with E-state index in [2.05, 4.69) is 25.0 Å². The van der Waals surface area contributed by atoms with Gasteiger partial charge in [0.25, 0.3) is 0 Å². The SMILES string of the molecule is Cn1cc(-c2ccc(CN(c3ncnc4[nH]ccc34)C3CC3)c(F)c2)cn1. The molecular weight excluding hydrogens is 343 g/mol. The van der Waals surface area contributed by atoms with Gasteiger partial charge < -0.3 is 9.88 Å². The summed E-state index contributed by atoms with van der Waals surface area (Å²) in [6.45, 7) is 0.487. The molecule has 4 aromatic rings. The van der Waals surface area contributed by atoms with Crippen molar-refractivity contribution in [3.05, 3.63) is 60.6 Å². The molecule has 0 bridgehead atoms. The second kappa shape index (κ2) is 6.19. The van der Waals surface area contributed by atoms with E-state index in [4.69, 9.17) is 0 Å². The van der Waals surface area contributed by atoms with E-state index in [9.17, 15) is 4.39 Å². The van der Waals surface area contributed by atoms with Gasteiger partial charge in [-0.3, -0.25) is 4.68 Å². The van der Waals surface area contributed by atoms with Crippen molar-refractivity contribution in [1.82, 2.24) is 24.7 Å². The lowest BCUT2D eigenvalue weighted by molar-refractivity contribution is 0.603. The first-order chi connectivity index (χ1) is 13.2. The molecule has 3 aromatic heterocycles. The molecule has 27 heavy (non-hydrogen) atoms. The summed E-state index contributed by atoms with van der Waals surface area (Å²) >= 11 is 0. The van der Waals surface area contributed by atoms with Crippen LogP contribution in [0.3, 0.4) is 0 Å². The molecular formula is C20H19FN6. The summed E-state index contributed by atoms with van der Waals surface area (Å²) < 4.78 is 16.6. The van der Waals surface area contributed by atoms with Gasteiger partial charge in [0.1, 0.15) is 23.6 Å². The van der Waals surface area contributed by atoms with E-state index in [0.717, 1.165) is 40.8 Å². The maximum atomic E-state index is 14.9. The van der Waals surface area contributed by atoms with Crippen molar-refractivity contribution in [2.45, 2.75) is 25.4 Å². The maximum absolute atomic E-state index is 14.9. The molecule has 1 saturated carbocycles. The Hall–Kier alpha value is -3.22. The Morgan fingerprint density at radius 3 is 2.85 bits per heavy atom. The molecule has 1 N–H and O–H groups in total. The molecule has 136 valence electrons. The number of hydrogen-bond acceptors (Lipinski definition) is 4. The van der Waals surface area contributed by atoms with Crippen LogP contribution in [0.25, 0.3) is 22.2 Å². The van der Waals surface area contributed by atoms with Crippen LogP contribution in [-0.4, -0.2) is 30.8 Å². The van der Waals surface area contributed by atoms with E-state index in [0.29, 0.717) is 18.2 Å². The highest BCUT2D eigenvalue weighted by Crippen LogP contribution is 2.35. The van der Waals surface area contributed by atoms with Crippen LogP contribution in [0.2, 0.25) is 0 Å². The highest BCUT2D eigenvalue weighted by atomic mass is 19.1. The van der Waals surface area contributed by atoms with Crippen LogP contribution in [0.15, 0.2) is 49.2 Å². The Morgan fingerprint density at radius 2 is 2.11 bits per heavy atom. The van der Waals surface area contributed by atoms with E-state index < -0.39 is 0 Å². The number of hydrogen-bond donors (Lipinski definition) is 1. The minimum absolute atomic E-state index is 0.207. The van der Waals surface area contributed by atoms with Gasteiger partial charge in [-0.15, -0.1) is 0 Å². The Bertz CT molecular complexity index is 1110. The zero-order valence-electron chi connectivity index (χ0n) is 14.9. The Morgan fingerprint density at radius 1 is 1.22 bits per heavy atom. The molecule has 0 unspecified atom stereocenters. The van der Waals surface area contributed by atoms with Gasteiger partial charge in [0.05, 0.1) is 11.6 Å². The number of halogens is 1. The smallest absolute Gasteiger partial charge is 0.142 e. The second-order valence-corrected chi connectivity index (χ2v) is 7.01. The fourth-order valence-corrected chi connectivity index (χ4v) is 3.46. The van der Waals surface area contributed by atoms with Crippen LogP contribution >= 0.6 is 0 Å². The number of anilines is 1. The van der Waals surface area contributed by atoms with Gasteiger partial charge in [-0.2, -0.15) is 5.10 Å². The Kier molecular flexibility index (Phi) is 3.67. The van der Waals surface area contributed by atoms with Crippen LogP contribution in [-0.2, 0) is 13.6 Å². The molecule has 5 rings (SSSR count). The monoisotopic (exact) mass is 362 g/mol. The fraction of sp³-hybridized carbons (Fsp3) is 0.250. The summed E-state index contributed by atoms with van der Waals surface area (Å²) in [6, 6.07) is 7.77. The van der Waals surface area contributed by atoms with Crippen LogP contribution < -0.4 is 4.90 Å². The molecule has 0 amide bonds. The van der Waals surface area contributed by atoms with Gasteiger partial charge in [0.2, 0.25) is 0 Å². The van der Waals surface area contributed by atoms with Gasteiger partial charge in [-0.05, 0) is 30.5 Å². The normalized spacial score (nSPS) is 14.0. The predicted octanol–water partition coefficient (Wildman–Crippen LogP) is 3.67. The molecule has 3 heterocycles. The molecule has 1 fully saturated rings. The van der Waals surface area contributed by atoms with Crippen LogP contribution in [0, 0.1) is 5.82 Å². The molecule has 6 nitrogen and oxygen atoms in total. The number of H-pyrrole nitrogens is 1. The third kappa shape index (κ3) is 2.95. The molecule has 1 aliphatic carbocycles. The highest BCUT2D eigenvalue weighted by molar-refractivity contribution is 5.87. The van der Waals surface area contributed by atoms with Crippen molar-refractivity contribution in [2.24, 2.45) is 7.05 Å². The summed E-state index contributed by atoms with van der Waals surface area (Å²) in [5, 5.41) is 5.13. The Labute approximate surface area is 155 Å². The van der Waals surface area contributed by atoms with E-state index in [-0.39, 0.29) is 5.82 Å². The van der Waals surface area contributed by atoms with Gasteiger partial charge in [-0.1, -0.05) is 12.1 Å². The molecule has 0 aliphatic heterocycles. The molecule has 0 spiro atoms. The van der Waals surface area contributed by atoms with E-state index in [1.54, 1.807) is 23.3 Å². The first-order valence-electron chi connectivity index (χ1n) is 9.01. The molecule has 1 aromatic carbocycles. The van der Waals surface area contributed by atoms with E-state index in [1.807, 2.05) is 37.6 Å². The van der Waals surface area contributed by atoms with E-state index >= 15 is 0 Å². The summed E-state index contributed by atoms with van der Waals surface area (Å²) in [6.07, 6.45) is 9.25. The Balaban J connectivity index is 1.48. The summed E-state index contributed by atoms with van der Waals surface area (Å²) in [5.41, 5.74) is 3.21. The van der Waals surface area contributed by atoms with Crippen molar-refractivity contribution in [2.75, 3.05) is 4.90 Å². The first-order valence-corrected chi connectivity index (χ1v) is 9.01. The van der Waals surface area contributed by atoms with Crippen molar-refractivity contribution in [1.29, 1.82) is 0 Å². The largest absolute Gasteiger partial charge is 0.349 e. The number of nitrogens with one attached hydrogen (secondary N) is 1. The number of nitrogens with zero attached hydrogens (tertiary/aromatic N) is 5. The average molecular weight is 362 g/mol. The molecule has 0 saturated heterocycles. The number of aromatic amines is 1. The predicted molar refractivity (Wildman–Crippen MR) is 102 cm³/mol. The third-order valence-corrected chi connectivity index (χ3v) is 5.02.